The number of carbonyl (C=O) groups is 2. The van der Waals surface area contributed by atoms with Gasteiger partial charge < -0.3 is 19.4 Å². The molecule has 9 heteroatoms. The molecule has 1 atom stereocenters. The fourth-order valence-electron chi connectivity index (χ4n) is 3.69. The van der Waals surface area contributed by atoms with Gasteiger partial charge in [-0.2, -0.15) is 4.98 Å². The average Bonchev–Trinajstić information content (AvgIpc) is 3.38. The second-order valence-electron chi connectivity index (χ2n) is 8.05. The maximum absolute atomic E-state index is 14.9. The molecule has 8 nitrogen and oxygen atoms in total. The van der Waals surface area contributed by atoms with E-state index in [4.69, 9.17) is 9.26 Å². The van der Waals surface area contributed by atoms with Crippen molar-refractivity contribution in [1.29, 1.82) is 0 Å². The quantitative estimate of drug-likeness (QED) is 0.520. The molecule has 1 saturated heterocycles. The maximum Gasteiger partial charge on any atom is 0.414 e. The van der Waals surface area contributed by atoms with E-state index in [9.17, 15) is 14.0 Å². The maximum atomic E-state index is 14.9. The summed E-state index contributed by atoms with van der Waals surface area (Å²) < 4.78 is 25.1. The third-order valence-corrected chi connectivity index (χ3v) is 5.40. The zero-order valence-corrected chi connectivity index (χ0v) is 18.5. The smallest absolute Gasteiger partial charge is 0.414 e. The molecule has 1 fully saturated rings. The molecule has 1 aliphatic rings. The van der Waals surface area contributed by atoms with Crippen molar-refractivity contribution in [2.75, 3.05) is 11.4 Å². The summed E-state index contributed by atoms with van der Waals surface area (Å²) in [5, 5.41) is 7.07. The van der Waals surface area contributed by atoms with E-state index < -0.39 is 11.9 Å². The summed E-state index contributed by atoms with van der Waals surface area (Å²) in [6, 6.07) is 12.3. The third-order valence-electron chi connectivity index (χ3n) is 5.40. The summed E-state index contributed by atoms with van der Waals surface area (Å²) in [4.78, 5) is 28.9. The zero-order chi connectivity index (χ0) is 23.4. The van der Waals surface area contributed by atoms with Crippen LogP contribution in [0.3, 0.4) is 0 Å². The first-order valence-electron chi connectivity index (χ1n) is 10.8. The second kappa shape index (κ2) is 9.91. The summed E-state index contributed by atoms with van der Waals surface area (Å²) >= 11 is 0. The minimum absolute atomic E-state index is 0.0451. The van der Waals surface area contributed by atoms with Crippen LogP contribution in [0.15, 0.2) is 47.0 Å². The number of ketones is 1. The van der Waals surface area contributed by atoms with Gasteiger partial charge in [0.1, 0.15) is 17.7 Å². The van der Waals surface area contributed by atoms with Crippen molar-refractivity contribution in [3.05, 3.63) is 65.6 Å². The molecule has 1 aliphatic heterocycles. The number of Topliss-reactive ketones (excluding diaryl/α,β-unsaturated/α-hetero) is 1. The van der Waals surface area contributed by atoms with E-state index in [1.807, 2.05) is 24.3 Å². The number of nitrogens with zero attached hydrogens (tertiary/aromatic N) is 3. The van der Waals surface area contributed by atoms with Crippen molar-refractivity contribution < 1.29 is 23.2 Å². The van der Waals surface area contributed by atoms with Gasteiger partial charge in [-0.3, -0.25) is 4.90 Å². The molecule has 2 heterocycles. The molecule has 172 valence electrons. The highest BCUT2D eigenvalue weighted by molar-refractivity contribution is 5.90. The molecule has 0 unspecified atom stereocenters. The molecule has 0 saturated carbocycles. The minimum Gasteiger partial charge on any atom is -0.444 e. The highest BCUT2D eigenvalue weighted by Crippen LogP contribution is 2.30. The van der Waals surface area contributed by atoms with E-state index >= 15 is 0 Å². The van der Waals surface area contributed by atoms with Gasteiger partial charge in [-0.1, -0.05) is 29.4 Å². The molecule has 0 bridgehead atoms. The molecule has 2 aromatic carbocycles. The number of ether oxygens (including phenoxy) is 1. The van der Waals surface area contributed by atoms with E-state index in [1.54, 1.807) is 19.1 Å². The van der Waals surface area contributed by atoms with Crippen LogP contribution in [0.1, 0.15) is 37.0 Å². The molecule has 0 aliphatic carbocycles. The topological polar surface area (TPSA) is 97.6 Å². The lowest BCUT2D eigenvalue weighted by atomic mass is 10.0. The summed E-state index contributed by atoms with van der Waals surface area (Å²) in [6.07, 6.45) is -0.0759. The number of halogens is 1. The molecule has 33 heavy (non-hydrogen) atoms. The lowest BCUT2D eigenvalue weighted by Gasteiger charge is -2.14. The van der Waals surface area contributed by atoms with Crippen LogP contribution in [0.4, 0.5) is 14.9 Å². The van der Waals surface area contributed by atoms with Crippen LogP contribution in [-0.2, 0) is 22.6 Å². The van der Waals surface area contributed by atoms with Crippen molar-refractivity contribution in [2.45, 2.75) is 45.9 Å². The van der Waals surface area contributed by atoms with E-state index in [1.165, 1.54) is 17.9 Å². The Bertz CT molecular complexity index is 1150. The van der Waals surface area contributed by atoms with Gasteiger partial charge in [-0.25, -0.2) is 9.18 Å². The van der Waals surface area contributed by atoms with Gasteiger partial charge in [0.05, 0.1) is 18.8 Å². The normalized spacial score (nSPS) is 15.7. The van der Waals surface area contributed by atoms with Crippen molar-refractivity contribution in [1.82, 2.24) is 15.5 Å². The number of hydrogen-bond donors (Lipinski definition) is 1. The monoisotopic (exact) mass is 452 g/mol. The predicted molar refractivity (Wildman–Crippen MR) is 119 cm³/mol. The number of rotatable bonds is 9. The molecule has 1 N–H and O–H groups in total. The van der Waals surface area contributed by atoms with Gasteiger partial charge in [-0.15, -0.1) is 0 Å². The molecule has 4 rings (SSSR count). The molecule has 1 aromatic heterocycles. The van der Waals surface area contributed by atoms with Crippen LogP contribution in [0.25, 0.3) is 11.1 Å². The first-order valence-corrected chi connectivity index (χ1v) is 10.8. The lowest BCUT2D eigenvalue weighted by molar-refractivity contribution is -0.117. The lowest BCUT2D eigenvalue weighted by Crippen LogP contribution is -2.24. The second-order valence-corrected chi connectivity index (χ2v) is 8.05. The molecular weight excluding hydrogens is 427 g/mol. The summed E-state index contributed by atoms with van der Waals surface area (Å²) in [5.74, 6) is 0.742. The van der Waals surface area contributed by atoms with Crippen LogP contribution in [0.2, 0.25) is 0 Å². The van der Waals surface area contributed by atoms with Gasteiger partial charge in [0.15, 0.2) is 5.82 Å². The number of hydrogen-bond acceptors (Lipinski definition) is 7. The standard InChI is InChI=1S/C24H25FN4O4/c1-15(30)3-9-20-14-29(24(31)32-20)19-8-10-21(22(25)11-19)18-6-4-17(5-7-18)12-26-13-23-27-16(2)33-28-23/h4-8,10-11,20,26H,3,9,12-14H2,1-2H3/t20-/m0/s1. The Kier molecular flexibility index (Phi) is 6.79. The van der Waals surface area contributed by atoms with Crippen molar-refractivity contribution in [3.63, 3.8) is 0 Å². The van der Waals surface area contributed by atoms with E-state index in [-0.39, 0.29) is 11.9 Å². The summed E-state index contributed by atoms with van der Waals surface area (Å²) in [5.41, 5.74) is 2.65. The average molecular weight is 452 g/mol. The summed E-state index contributed by atoms with van der Waals surface area (Å²) in [7, 11) is 0. The van der Waals surface area contributed by atoms with Crippen LogP contribution < -0.4 is 10.2 Å². The largest absolute Gasteiger partial charge is 0.444 e. The Labute approximate surface area is 190 Å². The Balaban J connectivity index is 1.37. The molecular formula is C24H25FN4O4. The molecule has 1 amide bonds. The SMILES string of the molecule is CC(=O)CC[C@H]1CN(c2ccc(-c3ccc(CNCc4noc(C)n4)cc3)c(F)c2)C(=O)O1. The Morgan fingerprint density at radius 2 is 2.00 bits per heavy atom. The molecule has 0 spiro atoms. The van der Waals surface area contributed by atoms with Crippen LogP contribution in [0.5, 0.6) is 0 Å². The highest BCUT2D eigenvalue weighted by atomic mass is 19.1. The van der Waals surface area contributed by atoms with E-state index in [0.29, 0.717) is 55.4 Å². The summed E-state index contributed by atoms with van der Waals surface area (Å²) in [6.45, 7) is 4.64. The van der Waals surface area contributed by atoms with Crippen LogP contribution in [-0.4, -0.2) is 34.7 Å². The number of aromatic nitrogens is 2. The van der Waals surface area contributed by atoms with Gasteiger partial charge in [0.2, 0.25) is 5.89 Å². The van der Waals surface area contributed by atoms with E-state index in [2.05, 4.69) is 15.5 Å². The number of cyclic esters (lactones) is 1. The van der Waals surface area contributed by atoms with Crippen LogP contribution in [0, 0.1) is 12.7 Å². The first-order chi connectivity index (χ1) is 15.9. The predicted octanol–water partition coefficient (Wildman–Crippen LogP) is 4.17. The van der Waals surface area contributed by atoms with Crippen molar-refractivity contribution in [3.8, 4) is 11.1 Å². The van der Waals surface area contributed by atoms with Gasteiger partial charge >= 0.3 is 6.09 Å². The Morgan fingerprint density at radius 1 is 1.21 bits per heavy atom. The Morgan fingerprint density at radius 3 is 2.67 bits per heavy atom. The van der Waals surface area contributed by atoms with Crippen molar-refractivity contribution in [2.24, 2.45) is 0 Å². The van der Waals surface area contributed by atoms with Gasteiger partial charge in [-0.05, 0) is 42.7 Å². The number of anilines is 1. The zero-order valence-electron chi connectivity index (χ0n) is 18.5. The number of nitrogens with one attached hydrogen (secondary N) is 1. The molecule has 0 radical (unpaired) electrons. The molecule has 3 aromatic rings. The fraction of sp³-hybridized carbons (Fsp3) is 0.333. The number of aryl methyl sites for hydroxylation is 1. The first kappa shape index (κ1) is 22.6. The number of carbonyl (C=O) groups excluding carboxylic acids is 2. The van der Waals surface area contributed by atoms with Gasteiger partial charge in [0.25, 0.3) is 0 Å². The Hall–Kier alpha value is -3.59. The fourth-order valence-corrected chi connectivity index (χ4v) is 3.69. The van der Waals surface area contributed by atoms with Gasteiger partial charge in [0, 0.05) is 25.5 Å². The number of amides is 1. The van der Waals surface area contributed by atoms with E-state index in [0.717, 1.165) is 11.1 Å². The van der Waals surface area contributed by atoms with Crippen molar-refractivity contribution >= 4 is 17.6 Å². The number of benzene rings is 2. The minimum atomic E-state index is -0.525. The van der Waals surface area contributed by atoms with Crippen LogP contribution >= 0.6 is 0 Å². The third kappa shape index (κ3) is 5.61. The highest BCUT2D eigenvalue weighted by Gasteiger charge is 2.32.